The molecule has 0 spiro atoms. The van der Waals surface area contributed by atoms with Gasteiger partial charge in [-0.25, -0.2) is 9.97 Å². The number of carbonyl (C=O) groups is 1. The highest BCUT2D eigenvalue weighted by molar-refractivity contribution is 8.00. The second-order valence-corrected chi connectivity index (χ2v) is 6.95. The number of aromatic nitrogens is 2. The van der Waals surface area contributed by atoms with Crippen LogP contribution in [-0.4, -0.2) is 50.9 Å². The normalized spacial score (nSPS) is 18.2. The molecule has 0 aliphatic carbocycles. The molecule has 0 bridgehead atoms. The van der Waals surface area contributed by atoms with Gasteiger partial charge in [0.25, 0.3) is 5.91 Å². The Balaban J connectivity index is 2.06. The lowest BCUT2D eigenvalue weighted by Gasteiger charge is -2.37. The summed E-state index contributed by atoms with van der Waals surface area (Å²) in [5.74, 6) is 1.65. The molecule has 104 valence electrons. The summed E-state index contributed by atoms with van der Waals surface area (Å²) in [6.45, 7) is 8.65. The van der Waals surface area contributed by atoms with E-state index in [-0.39, 0.29) is 10.7 Å². The quantitative estimate of drug-likeness (QED) is 0.916. The molecule has 2 rings (SSSR count). The van der Waals surface area contributed by atoms with E-state index >= 15 is 0 Å². The number of hydrogen-bond acceptors (Lipinski definition) is 5. The van der Waals surface area contributed by atoms with Crippen LogP contribution in [0.5, 0.6) is 0 Å². The van der Waals surface area contributed by atoms with Crippen LogP contribution in [0.1, 0.15) is 31.3 Å². The van der Waals surface area contributed by atoms with E-state index in [0.717, 1.165) is 25.4 Å². The number of anilines is 1. The Morgan fingerprint density at radius 3 is 2.84 bits per heavy atom. The van der Waals surface area contributed by atoms with E-state index < -0.39 is 0 Å². The van der Waals surface area contributed by atoms with Crippen LogP contribution in [0.4, 0.5) is 5.82 Å². The third-order valence-corrected chi connectivity index (χ3v) is 4.24. The monoisotopic (exact) mass is 280 g/mol. The minimum Gasteiger partial charge on any atom is -0.369 e. The first kappa shape index (κ1) is 14.1. The Morgan fingerprint density at radius 1 is 1.47 bits per heavy atom. The van der Waals surface area contributed by atoms with Crippen molar-refractivity contribution in [1.29, 1.82) is 0 Å². The van der Waals surface area contributed by atoms with Crippen LogP contribution in [0.15, 0.2) is 12.4 Å². The van der Waals surface area contributed by atoms with Crippen LogP contribution in [0.3, 0.4) is 0 Å². The average Bonchev–Trinajstić information content (AvgIpc) is 2.38. The van der Waals surface area contributed by atoms with Gasteiger partial charge in [0.1, 0.15) is 11.5 Å². The zero-order valence-corrected chi connectivity index (χ0v) is 12.5. The third-order valence-electron chi connectivity index (χ3n) is 2.94. The van der Waals surface area contributed by atoms with Gasteiger partial charge in [-0.05, 0) is 20.8 Å². The molecule has 1 aromatic heterocycles. The van der Waals surface area contributed by atoms with Gasteiger partial charge in [-0.15, -0.1) is 0 Å². The molecule has 19 heavy (non-hydrogen) atoms. The van der Waals surface area contributed by atoms with Crippen molar-refractivity contribution < 1.29 is 4.79 Å². The van der Waals surface area contributed by atoms with Crippen molar-refractivity contribution in [3.05, 3.63) is 18.1 Å². The predicted octanol–water partition coefficient (Wildman–Crippen LogP) is 1.88. The van der Waals surface area contributed by atoms with Gasteiger partial charge in [-0.3, -0.25) is 4.79 Å². The Labute approximate surface area is 118 Å². The molecular formula is C13H20N4OS. The van der Waals surface area contributed by atoms with Gasteiger partial charge in [0, 0.05) is 30.1 Å². The molecule has 1 aliphatic rings. The van der Waals surface area contributed by atoms with Gasteiger partial charge in [0.15, 0.2) is 0 Å². The molecule has 5 nitrogen and oxygen atoms in total. The van der Waals surface area contributed by atoms with Crippen molar-refractivity contribution in [3.63, 3.8) is 0 Å². The fourth-order valence-corrected chi connectivity index (χ4v) is 3.17. The Bertz CT molecular complexity index is 446. The number of hydrogen-bond donors (Lipinski definition) is 1. The number of amides is 1. The minimum atomic E-state index is -0.0241. The van der Waals surface area contributed by atoms with Crippen LogP contribution in [0.2, 0.25) is 0 Å². The van der Waals surface area contributed by atoms with Crippen LogP contribution in [0.25, 0.3) is 0 Å². The molecule has 6 heteroatoms. The van der Waals surface area contributed by atoms with Gasteiger partial charge in [0.05, 0.1) is 12.4 Å². The van der Waals surface area contributed by atoms with E-state index in [1.54, 1.807) is 12.4 Å². The summed E-state index contributed by atoms with van der Waals surface area (Å²) in [5, 5.41) is 3.06. The second-order valence-electron chi connectivity index (χ2n) is 5.15. The summed E-state index contributed by atoms with van der Waals surface area (Å²) in [6, 6.07) is 0. The molecule has 0 atom stereocenters. The first-order valence-electron chi connectivity index (χ1n) is 6.51. The molecule has 1 aliphatic heterocycles. The Hall–Kier alpha value is -1.30. The van der Waals surface area contributed by atoms with Gasteiger partial charge < -0.3 is 10.2 Å². The maximum absolute atomic E-state index is 12.4. The van der Waals surface area contributed by atoms with Crippen molar-refractivity contribution in [2.75, 3.05) is 30.7 Å². The van der Waals surface area contributed by atoms with Gasteiger partial charge in [-0.1, -0.05) is 0 Å². The van der Waals surface area contributed by atoms with Crippen LogP contribution in [0, 0.1) is 0 Å². The number of carbonyl (C=O) groups excluding carboxylic acids is 1. The molecule has 0 saturated carbocycles. The Morgan fingerprint density at radius 2 is 2.26 bits per heavy atom. The topological polar surface area (TPSA) is 58.1 Å². The molecule has 0 aromatic carbocycles. The first-order chi connectivity index (χ1) is 9.02. The van der Waals surface area contributed by atoms with E-state index in [4.69, 9.17) is 0 Å². The van der Waals surface area contributed by atoms with Crippen molar-refractivity contribution in [3.8, 4) is 0 Å². The highest BCUT2D eigenvalue weighted by atomic mass is 32.2. The summed E-state index contributed by atoms with van der Waals surface area (Å²) < 4.78 is 0.116. The lowest BCUT2D eigenvalue weighted by molar-refractivity contribution is 0.0741. The summed E-state index contributed by atoms with van der Waals surface area (Å²) in [5.41, 5.74) is 0.421. The smallest absolute Gasteiger partial charge is 0.274 e. The fourth-order valence-electron chi connectivity index (χ4n) is 2.06. The molecule has 0 unspecified atom stereocenters. The van der Waals surface area contributed by atoms with E-state index in [1.807, 2.05) is 23.6 Å². The Kier molecular flexibility index (Phi) is 4.29. The molecule has 0 radical (unpaired) electrons. The lowest BCUT2D eigenvalue weighted by atomic mass is 10.2. The summed E-state index contributed by atoms with van der Waals surface area (Å²) in [6.07, 6.45) is 3.16. The summed E-state index contributed by atoms with van der Waals surface area (Å²) >= 11 is 1.91. The average molecular weight is 280 g/mol. The molecule has 1 fully saturated rings. The van der Waals surface area contributed by atoms with Crippen molar-refractivity contribution in [2.24, 2.45) is 0 Å². The number of thioether (sulfide) groups is 1. The van der Waals surface area contributed by atoms with Gasteiger partial charge >= 0.3 is 0 Å². The zero-order valence-electron chi connectivity index (χ0n) is 11.6. The minimum absolute atomic E-state index is 0.0241. The summed E-state index contributed by atoms with van der Waals surface area (Å²) in [4.78, 5) is 22.6. The number of nitrogens with one attached hydrogen (secondary N) is 1. The largest absolute Gasteiger partial charge is 0.369 e. The van der Waals surface area contributed by atoms with E-state index in [0.29, 0.717) is 11.5 Å². The van der Waals surface area contributed by atoms with E-state index in [1.165, 1.54) is 0 Å². The van der Waals surface area contributed by atoms with Crippen LogP contribution < -0.4 is 5.32 Å². The number of rotatable bonds is 3. The van der Waals surface area contributed by atoms with Gasteiger partial charge in [-0.2, -0.15) is 11.8 Å². The standard InChI is InChI=1S/C13H20N4OS/c1-4-14-11-8-15-10(7-16-11)12(18)17-5-6-19-13(2,3)9-17/h7-8H,4-6,9H2,1-3H3,(H,14,16). The highest BCUT2D eigenvalue weighted by Gasteiger charge is 2.30. The second kappa shape index (κ2) is 5.77. The van der Waals surface area contributed by atoms with Crippen molar-refractivity contribution in [1.82, 2.24) is 14.9 Å². The maximum atomic E-state index is 12.4. The highest BCUT2D eigenvalue weighted by Crippen LogP contribution is 2.29. The molecule has 1 aromatic rings. The lowest BCUT2D eigenvalue weighted by Crippen LogP contribution is -2.46. The maximum Gasteiger partial charge on any atom is 0.274 e. The van der Waals surface area contributed by atoms with E-state index in [9.17, 15) is 4.79 Å². The van der Waals surface area contributed by atoms with Crippen LogP contribution in [-0.2, 0) is 0 Å². The third kappa shape index (κ3) is 3.59. The SMILES string of the molecule is CCNc1cnc(C(=O)N2CCSC(C)(C)C2)cn1. The molecular weight excluding hydrogens is 260 g/mol. The van der Waals surface area contributed by atoms with E-state index in [2.05, 4.69) is 29.1 Å². The number of nitrogens with zero attached hydrogens (tertiary/aromatic N) is 3. The zero-order chi connectivity index (χ0) is 13.9. The molecule has 1 saturated heterocycles. The van der Waals surface area contributed by atoms with Crippen LogP contribution >= 0.6 is 11.8 Å². The first-order valence-corrected chi connectivity index (χ1v) is 7.49. The predicted molar refractivity (Wildman–Crippen MR) is 78.6 cm³/mol. The fraction of sp³-hybridized carbons (Fsp3) is 0.615. The van der Waals surface area contributed by atoms with Crippen molar-refractivity contribution >= 4 is 23.5 Å². The molecule has 2 heterocycles. The molecule has 1 amide bonds. The van der Waals surface area contributed by atoms with Crippen molar-refractivity contribution in [2.45, 2.75) is 25.5 Å². The van der Waals surface area contributed by atoms with Gasteiger partial charge in [0.2, 0.25) is 0 Å². The summed E-state index contributed by atoms with van der Waals surface area (Å²) in [7, 11) is 0. The molecule has 1 N–H and O–H groups in total.